The molecular formula is C5H7Cl2N3. The van der Waals surface area contributed by atoms with E-state index in [0.717, 1.165) is 0 Å². The Morgan fingerprint density at radius 1 is 1.50 bits per heavy atom. The first-order valence-electron chi connectivity index (χ1n) is 2.49. The summed E-state index contributed by atoms with van der Waals surface area (Å²) in [5.74, 6) is 0. The van der Waals surface area contributed by atoms with Crippen molar-refractivity contribution in [2.24, 2.45) is 5.73 Å². The first kappa shape index (κ1) is 9.62. The van der Waals surface area contributed by atoms with Crippen molar-refractivity contribution >= 4 is 24.0 Å². The molecule has 0 atom stereocenters. The lowest BCUT2D eigenvalue weighted by molar-refractivity contribution is 0.964. The second-order valence-corrected chi connectivity index (χ2v) is 1.92. The summed E-state index contributed by atoms with van der Waals surface area (Å²) in [4.78, 5) is 7.65. The van der Waals surface area contributed by atoms with Crippen LogP contribution >= 0.6 is 24.0 Å². The maximum absolute atomic E-state index is 5.49. The molecule has 1 rings (SSSR count). The SMILES string of the molecule is Cl.NCc1cncc(Cl)n1. The van der Waals surface area contributed by atoms with Crippen molar-refractivity contribution in [2.75, 3.05) is 0 Å². The van der Waals surface area contributed by atoms with E-state index in [1.165, 1.54) is 6.20 Å². The molecule has 1 aromatic rings. The zero-order chi connectivity index (χ0) is 6.69. The summed E-state index contributed by atoms with van der Waals surface area (Å²) in [5.41, 5.74) is 5.97. The van der Waals surface area contributed by atoms with E-state index in [9.17, 15) is 0 Å². The van der Waals surface area contributed by atoms with Crippen molar-refractivity contribution in [2.45, 2.75) is 6.54 Å². The minimum Gasteiger partial charge on any atom is -0.325 e. The van der Waals surface area contributed by atoms with E-state index in [2.05, 4.69) is 9.97 Å². The number of hydrogen-bond acceptors (Lipinski definition) is 3. The Hall–Kier alpha value is -0.380. The molecule has 0 radical (unpaired) electrons. The molecule has 5 heteroatoms. The molecule has 0 bridgehead atoms. The summed E-state index contributed by atoms with van der Waals surface area (Å²) in [6.07, 6.45) is 3.06. The van der Waals surface area contributed by atoms with Gasteiger partial charge in [-0.05, 0) is 0 Å². The van der Waals surface area contributed by atoms with Gasteiger partial charge < -0.3 is 5.73 Å². The highest BCUT2D eigenvalue weighted by atomic mass is 35.5. The third kappa shape index (κ3) is 2.47. The average molecular weight is 180 g/mol. The summed E-state index contributed by atoms with van der Waals surface area (Å²) >= 11 is 5.49. The highest BCUT2D eigenvalue weighted by Gasteiger charge is 1.90. The van der Waals surface area contributed by atoms with Gasteiger partial charge in [-0.2, -0.15) is 0 Å². The van der Waals surface area contributed by atoms with E-state index in [-0.39, 0.29) is 12.4 Å². The molecule has 0 amide bonds. The van der Waals surface area contributed by atoms with Gasteiger partial charge in [0.05, 0.1) is 11.9 Å². The molecule has 0 aromatic carbocycles. The first-order valence-corrected chi connectivity index (χ1v) is 2.87. The monoisotopic (exact) mass is 179 g/mol. The molecule has 0 spiro atoms. The molecule has 10 heavy (non-hydrogen) atoms. The van der Waals surface area contributed by atoms with E-state index in [1.807, 2.05) is 0 Å². The number of hydrogen-bond donors (Lipinski definition) is 1. The number of nitrogens with zero attached hydrogens (tertiary/aromatic N) is 2. The van der Waals surface area contributed by atoms with E-state index < -0.39 is 0 Å². The lowest BCUT2D eigenvalue weighted by atomic mass is 10.5. The Morgan fingerprint density at radius 2 is 2.20 bits per heavy atom. The van der Waals surface area contributed by atoms with Gasteiger partial charge in [0.1, 0.15) is 5.15 Å². The van der Waals surface area contributed by atoms with E-state index in [4.69, 9.17) is 17.3 Å². The van der Waals surface area contributed by atoms with Crippen molar-refractivity contribution in [3.63, 3.8) is 0 Å². The van der Waals surface area contributed by atoms with Gasteiger partial charge in [0.25, 0.3) is 0 Å². The maximum Gasteiger partial charge on any atom is 0.147 e. The average Bonchev–Trinajstić information content (AvgIpc) is 1.88. The van der Waals surface area contributed by atoms with Crippen molar-refractivity contribution in [1.29, 1.82) is 0 Å². The largest absolute Gasteiger partial charge is 0.325 e. The fourth-order valence-electron chi connectivity index (χ4n) is 0.478. The van der Waals surface area contributed by atoms with Crippen molar-refractivity contribution in [3.05, 3.63) is 23.2 Å². The van der Waals surface area contributed by atoms with Crippen LogP contribution in [0, 0.1) is 0 Å². The zero-order valence-corrected chi connectivity index (χ0v) is 6.69. The van der Waals surface area contributed by atoms with Crippen LogP contribution in [0.5, 0.6) is 0 Å². The van der Waals surface area contributed by atoms with E-state index >= 15 is 0 Å². The highest BCUT2D eigenvalue weighted by Crippen LogP contribution is 2.00. The van der Waals surface area contributed by atoms with Crippen LogP contribution in [0.1, 0.15) is 5.69 Å². The van der Waals surface area contributed by atoms with Gasteiger partial charge in [-0.15, -0.1) is 12.4 Å². The predicted molar refractivity (Wildman–Crippen MR) is 42.2 cm³/mol. The smallest absolute Gasteiger partial charge is 0.147 e. The van der Waals surface area contributed by atoms with Gasteiger partial charge in [0.2, 0.25) is 0 Å². The lowest BCUT2D eigenvalue weighted by Crippen LogP contribution is -1.99. The molecule has 0 aliphatic carbocycles. The summed E-state index contributed by atoms with van der Waals surface area (Å²) in [5, 5.41) is 0.387. The van der Waals surface area contributed by atoms with Gasteiger partial charge in [0.15, 0.2) is 0 Å². The Morgan fingerprint density at radius 3 is 2.60 bits per heavy atom. The Balaban J connectivity index is 0.000000810. The molecule has 0 saturated carbocycles. The van der Waals surface area contributed by atoms with Crippen LogP contribution in [0.3, 0.4) is 0 Å². The number of rotatable bonds is 1. The first-order chi connectivity index (χ1) is 4.33. The fourth-order valence-corrected chi connectivity index (χ4v) is 0.643. The topological polar surface area (TPSA) is 51.8 Å². The highest BCUT2D eigenvalue weighted by molar-refractivity contribution is 6.29. The Labute approximate surface area is 70.0 Å². The van der Waals surface area contributed by atoms with Crippen molar-refractivity contribution in [3.8, 4) is 0 Å². The van der Waals surface area contributed by atoms with Crippen LogP contribution in [0.25, 0.3) is 0 Å². The Kier molecular flexibility index (Phi) is 4.27. The fraction of sp³-hybridized carbons (Fsp3) is 0.200. The molecule has 56 valence electrons. The van der Waals surface area contributed by atoms with Gasteiger partial charge in [0, 0.05) is 12.7 Å². The van der Waals surface area contributed by atoms with Gasteiger partial charge in [-0.1, -0.05) is 11.6 Å². The van der Waals surface area contributed by atoms with Crippen LogP contribution in [0.2, 0.25) is 5.15 Å². The molecule has 0 saturated heterocycles. The molecule has 1 heterocycles. The van der Waals surface area contributed by atoms with Gasteiger partial charge in [-0.3, -0.25) is 4.98 Å². The molecular weight excluding hydrogens is 173 g/mol. The minimum atomic E-state index is 0. The van der Waals surface area contributed by atoms with Crippen molar-refractivity contribution < 1.29 is 0 Å². The van der Waals surface area contributed by atoms with Crippen LogP contribution in [-0.2, 0) is 6.54 Å². The summed E-state index contributed by atoms with van der Waals surface area (Å²) in [6.45, 7) is 0.382. The predicted octanol–water partition coefficient (Wildman–Crippen LogP) is 1.01. The van der Waals surface area contributed by atoms with Gasteiger partial charge >= 0.3 is 0 Å². The standard InChI is InChI=1S/C5H6ClN3.ClH/c6-5-3-8-2-4(1-7)9-5;/h2-3H,1,7H2;1H. The van der Waals surface area contributed by atoms with Crippen molar-refractivity contribution in [1.82, 2.24) is 9.97 Å². The minimum absolute atomic E-state index is 0. The van der Waals surface area contributed by atoms with Crippen LogP contribution < -0.4 is 5.73 Å². The molecule has 3 nitrogen and oxygen atoms in total. The maximum atomic E-state index is 5.49. The Bertz CT molecular complexity index is 204. The van der Waals surface area contributed by atoms with Crippen LogP contribution in [-0.4, -0.2) is 9.97 Å². The third-order valence-corrected chi connectivity index (χ3v) is 1.05. The molecule has 2 N–H and O–H groups in total. The number of nitrogens with two attached hydrogens (primary N) is 1. The second kappa shape index (κ2) is 4.44. The van der Waals surface area contributed by atoms with Crippen LogP contribution in [0.15, 0.2) is 12.4 Å². The summed E-state index contributed by atoms with van der Waals surface area (Å²) in [7, 11) is 0. The summed E-state index contributed by atoms with van der Waals surface area (Å²) < 4.78 is 0. The number of halogens is 2. The molecule has 0 aliphatic rings. The summed E-state index contributed by atoms with van der Waals surface area (Å²) in [6, 6.07) is 0. The third-order valence-electron chi connectivity index (χ3n) is 0.864. The zero-order valence-electron chi connectivity index (χ0n) is 5.12. The van der Waals surface area contributed by atoms with Crippen LogP contribution in [0.4, 0.5) is 0 Å². The quantitative estimate of drug-likeness (QED) is 0.701. The molecule has 1 aromatic heterocycles. The lowest BCUT2D eigenvalue weighted by Gasteiger charge is -1.92. The number of aromatic nitrogens is 2. The molecule has 0 fully saturated rings. The normalized spacial score (nSPS) is 8.60. The molecule has 0 aliphatic heterocycles. The van der Waals surface area contributed by atoms with E-state index in [0.29, 0.717) is 17.4 Å². The van der Waals surface area contributed by atoms with Gasteiger partial charge in [-0.25, -0.2) is 4.98 Å². The molecule has 0 unspecified atom stereocenters. The van der Waals surface area contributed by atoms with E-state index in [1.54, 1.807) is 6.20 Å². The second-order valence-electron chi connectivity index (χ2n) is 1.54.